The van der Waals surface area contributed by atoms with Gasteiger partial charge in [-0.15, -0.1) is 0 Å². The van der Waals surface area contributed by atoms with Gasteiger partial charge in [0.2, 0.25) is 15.6 Å². The van der Waals surface area contributed by atoms with Crippen molar-refractivity contribution >= 4 is 30.3 Å². The Morgan fingerprint density at radius 1 is 0.958 bits per heavy atom. The fraction of sp³-hybridized carbons (Fsp3) is 0.222. The van der Waals surface area contributed by atoms with Crippen LogP contribution in [0.2, 0.25) is 0 Å². The van der Waals surface area contributed by atoms with E-state index in [1.807, 2.05) is 6.92 Å². The van der Waals surface area contributed by atoms with Crippen molar-refractivity contribution in [3.63, 3.8) is 0 Å². The van der Waals surface area contributed by atoms with Crippen LogP contribution in [0.3, 0.4) is 0 Å². The standard InChI is InChI=1S/C18H20O4S2/c1-13-5-11-16(12-6-13)24(20,21)18(23(3)4)17(19)14-7-9-15(22-2)10-8-14/h5-12H,1-4H3. The molecule has 0 aliphatic heterocycles. The molecule has 4 nitrogen and oxygen atoms in total. The van der Waals surface area contributed by atoms with Gasteiger partial charge in [-0.2, -0.15) is 10.5 Å². The van der Waals surface area contributed by atoms with Crippen molar-refractivity contribution < 1.29 is 17.9 Å². The molecule has 0 N–H and O–H groups in total. The van der Waals surface area contributed by atoms with Crippen molar-refractivity contribution in [2.45, 2.75) is 11.8 Å². The van der Waals surface area contributed by atoms with E-state index in [1.54, 1.807) is 61.0 Å². The number of carbonyl (C=O) groups excluding carboxylic acids is 1. The molecule has 0 atom stereocenters. The van der Waals surface area contributed by atoms with E-state index >= 15 is 0 Å². The largest absolute Gasteiger partial charge is 0.497 e. The summed E-state index contributed by atoms with van der Waals surface area (Å²) in [7, 11) is -3.02. The molecule has 0 amide bonds. The van der Waals surface area contributed by atoms with Crippen LogP contribution in [0, 0.1) is 6.92 Å². The van der Waals surface area contributed by atoms with Gasteiger partial charge in [-0.05, 0) is 55.8 Å². The van der Waals surface area contributed by atoms with Gasteiger partial charge in [0.05, 0.1) is 12.0 Å². The fourth-order valence-corrected chi connectivity index (χ4v) is 5.81. The molecule has 0 heterocycles. The number of ketones is 1. The lowest BCUT2D eigenvalue weighted by Gasteiger charge is -2.12. The van der Waals surface area contributed by atoms with Gasteiger partial charge in [0, 0.05) is 5.56 Å². The predicted molar refractivity (Wildman–Crippen MR) is 100 cm³/mol. The Morgan fingerprint density at radius 3 is 1.96 bits per heavy atom. The summed E-state index contributed by atoms with van der Waals surface area (Å²) in [5.41, 5.74) is 1.30. The van der Waals surface area contributed by atoms with Crippen molar-refractivity contribution in [3.05, 3.63) is 59.7 Å². The Morgan fingerprint density at radius 2 is 1.50 bits per heavy atom. The fourth-order valence-electron chi connectivity index (χ4n) is 2.21. The average Bonchev–Trinajstić information content (AvgIpc) is 2.54. The number of methoxy groups -OCH3 is 1. The van der Waals surface area contributed by atoms with Crippen molar-refractivity contribution in [2.24, 2.45) is 0 Å². The quantitative estimate of drug-likeness (QED) is 0.617. The van der Waals surface area contributed by atoms with E-state index in [4.69, 9.17) is 4.74 Å². The monoisotopic (exact) mass is 364 g/mol. The zero-order valence-corrected chi connectivity index (χ0v) is 15.7. The van der Waals surface area contributed by atoms with Gasteiger partial charge in [-0.25, -0.2) is 8.42 Å². The summed E-state index contributed by atoms with van der Waals surface area (Å²) < 4.78 is 30.9. The first kappa shape index (κ1) is 18.4. The van der Waals surface area contributed by atoms with E-state index in [-0.39, 0.29) is 9.09 Å². The minimum Gasteiger partial charge on any atom is -0.497 e. The molecule has 2 rings (SSSR count). The maximum atomic E-state index is 12.9. The van der Waals surface area contributed by atoms with Crippen LogP contribution in [-0.4, -0.2) is 38.0 Å². The van der Waals surface area contributed by atoms with Crippen LogP contribution in [0.1, 0.15) is 15.9 Å². The maximum Gasteiger partial charge on any atom is 0.215 e. The zero-order valence-electron chi connectivity index (χ0n) is 14.1. The molecule has 128 valence electrons. The first-order valence-corrected chi connectivity index (χ1v) is 10.7. The number of aryl methyl sites for hydroxylation is 1. The number of sulfone groups is 1. The summed E-state index contributed by atoms with van der Waals surface area (Å²) in [6.07, 6.45) is 3.48. The number of rotatable bonds is 4. The molecule has 0 aliphatic carbocycles. The summed E-state index contributed by atoms with van der Waals surface area (Å²) in [5.74, 6) is 0.146. The number of hydrogen-bond acceptors (Lipinski definition) is 4. The number of hydrogen-bond donors (Lipinski definition) is 0. The van der Waals surface area contributed by atoms with Gasteiger partial charge >= 0.3 is 0 Å². The van der Waals surface area contributed by atoms with Crippen LogP contribution < -0.4 is 4.74 Å². The first-order valence-electron chi connectivity index (χ1n) is 7.22. The summed E-state index contributed by atoms with van der Waals surface area (Å²) in [6.45, 7) is 1.88. The summed E-state index contributed by atoms with van der Waals surface area (Å²) in [5, 5.41) is 0. The molecule has 0 unspecified atom stereocenters. The van der Waals surface area contributed by atoms with Gasteiger partial charge in [-0.1, -0.05) is 17.7 Å². The predicted octanol–water partition coefficient (Wildman–Crippen LogP) is 3.32. The van der Waals surface area contributed by atoms with E-state index in [1.165, 1.54) is 7.11 Å². The highest BCUT2D eigenvalue weighted by Crippen LogP contribution is 2.23. The Kier molecular flexibility index (Phi) is 5.62. The Balaban J connectivity index is 2.51. The molecule has 0 spiro atoms. The van der Waals surface area contributed by atoms with Crippen LogP contribution in [0.15, 0.2) is 53.4 Å². The molecule has 2 aromatic carbocycles. The second-order valence-electron chi connectivity index (χ2n) is 5.48. The lowest BCUT2D eigenvalue weighted by atomic mass is 10.1. The lowest BCUT2D eigenvalue weighted by Crippen LogP contribution is -2.25. The van der Waals surface area contributed by atoms with Gasteiger partial charge in [0.1, 0.15) is 9.95 Å². The molecule has 0 saturated carbocycles. The highest BCUT2D eigenvalue weighted by atomic mass is 32.2. The van der Waals surface area contributed by atoms with E-state index in [9.17, 15) is 13.2 Å². The SMILES string of the molecule is COc1ccc(C(=O)C(=S(C)C)S(=O)(=O)c2ccc(C)cc2)cc1. The summed E-state index contributed by atoms with van der Waals surface area (Å²) in [4.78, 5) is 13.0. The van der Waals surface area contributed by atoms with Crippen LogP contribution in [0.4, 0.5) is 0 Å². The number of Topliss-reactive ketones (excluding diaryl/α,β-unsaturated/α-hetero) is 1. The Hall–Kier alpha value is -1.92. The van der Waals surface area contributed by atoms with Crippen molar-refractivity contribution in [1.82, 2.24) is 0 Å². The minimum absolute atomic E-state index is 0.0727. The second kappa shape index (κ2) is 7.32. The molecule has 2 aromatic rings. The van der Waals surface area contributed by atoms with Crippen molar-refractivity contribution in [1.29, 1.82) is 0 Å². The third-order valence-corrected chi connectivity index (χ3v) is 7.64. The minimum atomic E-state index is -3.83. The Labute approximate surface area is 145 Å². The van der Waals surface area contributed by atoms with Crippen LogP contribution >= 0.6 is 10.5 Å². The zero-order chi connectivity index (χ0) is 17.9. The molecule has 0 radical (unpaired) electrons. The Bertz CT molecular complexity index is 874. The molecule has 0 saturated heterocycles. The van der Waals surface area contributed by atoms with Gasteiger partial charge in [0.15, 0.2) is 0 Å². The van der Waals surface area contributed by atoms with Gasteiger partial charge in [0.25, 0.3) is 0 Å². The smallest absolute Gasteiger partial charge is 0.215 e. The van der Waals surface area contributed by atoms with Crippen LogP contribution in [0.25, 0.3) is 0 Å². The maximum absolute atomic E-state index is 12.9. The lowest BCUT2D eigenvalue weighted by molar-refractivity contribution is 0.107. The second-order valence-corrected chi connectivity index (χ2v) is 9.66. The van der Waals surface area contributed by atoms with E-state index in [2.05, 4.69) is 0 Å². The normalized spacial score (nSPS) is 11.4. The average molecular weight is 364 g/mol. The highest BCUT2D eigenvalue weighted by Gasteiger charge is 2.29. The molecule has 0 fully saturated rings. The third kappa shape index (κ3) is 3.76. The van der Waals surface area contributed by atoms with Crippen molar-refractivity contribution in [2.75, 3.05) is 19.6 Å². The van der Waals surface area contributed by atoms with E-state index in [0.29, 0.717) is 11.3 Å². The van der Waals surface area contributed by atoms with Gasteiger partial charge in [-0.3, -0.25) is 4.79 Å². The first-order chi connectivity index (χ1) is 11.3. The molecular formula is C18H20O4S2. The molecular weight excluding hydrogens is 344 g/mol. The summed E-state index contributed by atoms with van der Waals surface area (Å²) >= 11 is 0. The van der Waals surface area contributed by atoms with E-state index < -0.39 is 26.1 Å². The van der Waals surface area contributed by atoms with E-state index in [0.717, 1.165) is 5.56 Å². The molecule has 24 heavy (non-hydrogen) atoms. The molecule has 0 bridgehead atoms. The van der Waals surface area contributed by atoms with Crippen LogP contribution in [-0.2, 0) is 9.84 Å². The molecule has 0 aromatic heterocycles. The molecule has 6 heteroatoms. The molecule has 0 aliphatic rings. The van der Waals surface area contributed by atoms with Crippen LogP contribution in [0.5, 0.6) is 5.75 Å². The topological polar surface area (TPSA) is 60.4 Å². The number of carbonyl (C=O) groups is 1. The summed E-state index contributed by atoms with van der Waals surface area (Å²) in [6, 6.07) is 13.0. The number of ether oxygens (including phenoxy) is 1. The third-order valence-electron chi connectivity index (χ3n) is 3.48. The van der Waals surface area contributed by atoms with Crippen molar-refractivity contribution in [3.8, 4) is 5.75 Å². The highest BCUT2D eigenvalue weighted by molar-refractivity contribution is 8.32. The van der Waals surface area contributed by atoms with Gasteiger partial charge < -0.3 is 4.74 Å². The number of benzene rings is 2.